The van der Waals surface area contributed by atoms with Gasteiger partial charge in [0.05, 0.1) is 19.3 Å². The van der Waals surface area contributed by atoms with E-state index in [2.05, 4.69) is 51.1 Å². The van der Waals surface area contributed by atoms with Gasteiger partial charge in [0.25, 0.3) is 0 Å². The van der Waals surface area contributed by atoms with Gasteiger partial charge < -0.3 is 9.47 Å². The molecule has 0 aromatic heterocycles. The molecule has 2 aromatic rings. The molecule has 0 unspecified atom stereocenters. The van der Waals surface area contributed by atoms with Gasteiger partial charge in [-0.05, 0) is 54.0 Å². The SMILES string of the molecule is CCCCOc1c(C#N)cc(C(C)(C)c2ccc(C3CC3)cc2)cc1OC. The van der Waals surface area contributed by atoms with Crippen LogP contribution in [0.5, 0.6) is 11.5 Å². The van der Waals surface area contributed by atoms with E-state index in [0.717, 1.165) is 24.3 Å². The van der Waals surface area contributed by atoms with Crippen LogP contribution in [0, 0.1) is 11.3 Å². The number of methoxy groups -OCH3 is 1. The third-order valence-electron chi connectivity index (χ3n) is 5.54. The molecule has 0 atom stereocenters. The molecule has 0 aliphatic heterocycles. The summed E-state index contributed by atoms with van der Waals surface area (Å²) in [6.45, 7) is 7.08. The lowest BCUT2D eigenvalue weighted by Crippen LogP contribution is -2.19. The molecular formula is C24H29NO2. The molecule has 0 heterocycles. The van der Waals surface area contributed by atoms with Crippen LogP contribution >= 0.6 is 0 Å². The van der Waals surface area contributed by atoms with Crippen molar-refractivity contribution < 1.29 is 9.47 Å². The van der Waals surface area contributed by atoms with Crippen molar-refractivity contribution in [3.63, 3.8) is 0 Å². The molecule has 0 saturated heterocycles. The molecule has 0 bridgehead atoms. The highest BCUT2D eigenvalue weighted by Gasteiger charge is 2.28. The number of nitriles is 1. The van der Waals surface area contributed by atoms with Gasteiger partial charge in [-0.1, -0.05) is 51.5 Å². The van der Waals surface area contributed by atoms with Crippen LogP contribution in [0.15, 0.2) is 36.4 Å². The lowest BCUT2D eigenvalue weighted by atomic mass is 9.77. The molecule has 1 aliphatic rings. The van der Waals surface area contributed by atoms with Gasteiger partial charge >= 0.3 is 0 Å². The van der Waals surface area contributed by atoms with Gasteiger partial charge in [-0.2, -0.15) is 5.26 Å². The first kappa shape index (κ1) is 19.3. The minimum absolute atomic E-state index is 0.233. The fourth-order valence-electron chi connectivity index (χ4n) is 3.42. The Kier molecular flexibility index (Phi) is 5.75. The van der Waals surface area contributed by atoms with Crippen molar-refractivity contribution >= 4 is 0 Å². The number of ether oxygens (including phenoxy) is 2. The zero-order valence-corrected chi connectivity index (χ0v) is 16.8. The minimum Gasteiger partial charge on any atom is -0.493 e. The standard InChI is InChI=1S/C24H29NO2/c1-5-6-13-27-23-19(16-25)14-21(15-22(23)26-4)24(2,3)20-11-9-18(10-12-20)17-7-8-17/h9-12,14-15,17H,5-8,13H2,1-4H3. The van der Waals surface area contributed by atoms with Crippen molar-refractivity contribution in [3.8, 4) is 17.6 Å². The summed E-state index contributed by atoms with van der Waals surface area (Å²) >= 11 is 0. The van der Waals surface area contributed by atoms with E-state index < -0.39 is 0 Å². The minimum atomic E-state index is -0.233. The molecule has 3 nitrogen and oxygen atoms in total. The topological polar surface area (TPSA) is 42.2 Å². The monoisotopic (exact) mass is 363 g/mol. The molecule has 27 heavy (non-hydrogen) atoms. The van der Waals surface area contributed by atoms with Crippen molar-refractivity contribution in [1.29, 1.82) is 5.26 Å². The maximum Gasteiger partial charge on any atom is 0.178 e. The van der Waals surface area contributed by atoms with E-state index in [1.165, 1.54) is 24.0 Å². The summed E-state index contributed by atoms with van der Waals surface area (Å²) in [6, 6.07) is 15.2. The average molecular weight is 364 g/mol. The first-order valence-electron chi connectivity index (χ1n) is 9.87. The second kappa shape index (κ2) is 8.05. The predicted octanol–water partition coefficient (Wildman–Crippen LogP) is 5.95. The van der Waals surface area contributed by atoms with Crippen molar-refractivity contribution in [2.24, 2.45) is 0 Å². The Hall–Kier alpha value is -2.47. The van der Waals surface area contributed by atoms with Crippen LogP contribution in [0.25, 0.3) is 0 Å². The van der Waals surface area contributed by atoms with Crippen LogP contribution in [0.4, 0.5) is 0 Å². The molecule has 3 rings (SSSR count). The molecule has 1 saturated carbocycles. The van der Waals surface area contributed by atoms with Gasteiger partial charge in [0.15, 0.2) is 11.5 Å². The summed E-state index contributed by atoms with van der Waals surface area (Å²) in [6.07, 6.45) is 4.62. The first-order valence-corrected chi connectivity index (χ1v) is 9.87. The fourth-order valence-corrected chi connectivity index (χ4v) is 3.42. The summed E-state index contributed by atoms with van der Waals surface area (Å²) in [4.78, 5) is 0. The van der Waals surface area contributed by atoms with Gasteiger partial charge in [0, 0.05) is 5.41 Å². The third-order valence-corrected chi connectivity index (χ3v) is 5.54. The van der Waals surface area contributed by atoms with Gasteiger partial charge in [-0.3, -0.25) is 0 Å². The van der Waals surface area contributed by atoms with Gasteiger partial charge in [0.2, 0.25) is 0 Å². The van der Waals surface area contributed by atoms with Gasteiger partial charge in [-0.15, -0.1) is 0 Å². The Morgan fingerprint density at radius 1 is 1.11 bits per heavy atom. The molecule has 1 aliphatic carbocycles. The summed E-state index contributed by atoms with van der Waals surface area (Å²) in [5.41, 5.74) is 4.02. The lowest BCUT2D eigenvalue weighted by Gasteiger charge is -2.28. The van der Waals surface area contributed by atoms with Crippen molar-refractivity contribution in [1.82, 2.24) is 0 Å². The number of rotatable bonds is 8. The number of hydrogen-bond acceptors (Lipinski definition) is 3. The third kappa shape index (κ3) is 4.11. The maximum absolute atomic E-state index is 9.67. The molecule has 3 heteroatoms. The summed E-state index contributed by atoms with van der Waals surface area (Å²) < 4.78 is 11.4. The smallest absolute Gasteiger partial charge is 0.178 e. The van der Waals surface area contributed by atoms with E-state index in [4.69, 9.17) is 9.47 Å². The Morgan fingerprint density at radius 3 is 2.37 bits per heavy atom. The molecule has 0 radical (unpaired) electrons. The molecule has 0 amide bonds. The highest BCUT2D eigenvalue weighted by atomic mass is 16.5. The molecule has 0 spiro atoms. The Morgan fingerprint density at radius 2 is 1.81 bits per heavy atom. The number of benzene rings is 2. The Labute approximate surface area is 162 Å². The summed E-state index contributed by atoms with van der Waals surface area (Å²) in [7, 11) is 1.63. The highest BCUT2D eigenvalue weighted by molar-refractivity contribution is 5.57. The van der Waals surface area contributed by atoms with E-state index in [1.54, 1.807) is 7.11 Å². The molecule has 0 N–H and O–H groups in total. The van der Waals surface area contributed by atoms with Crippen molar-refractivity contribution in [2.75, 3.05) is 13.7 Å². The number of unbranched alkanes of at least 4 members (excludes halogenated alkanes) is 1. The molecule has 142 valence electrons. The molecular weight excluding hydrogens is 334 g/mol. The number of hydrogen-bond donors (Lipinski definition) is 0. The summed E-state index contributed by atoms with van der Waals surface area (Å²) in [5, 5.41) is 9.67. The van der Waals surface area contributed by atoms with E-state index in [-0.39, 0.29) is 5.41 Å². The van der Waals surface area contributed by atoms with Crippen LogP contribution < -0.4 is 9.47 Å². The van der Waals surface area contributed by atoms with Crippen LogP contribution in [0.2, 0.25) is 0 Å². The second-order valence-corrected chi connectivity index (χ2v) is 7.89. The van der Waals surface area contributed by atoms with Crippen LogP contribution in [-0.2, 0) is 5.41 Å². The van der Waals surface area contributed by atoms with Gasteiger partial charge in [0.1, 0.15) is 6.07 Å². The van der Waals surface area contributed by atoms with E-state index in [1.807, 2.05) is 12.1 Å². The predicted molar refractivity (Wildman–Crippen MR) is 109 cm³/mol. The normalized spacial score (nSPS) is 13.9. The van der Waals surface area contributed by atoms with Crippen molar-refractivity contribution in [2.45, 2.75) is 57.8 Å². The van der Waals surface area contributed by atoms with Crippen LogP contribution in [0.1, 0.15) is 74.6 Å². The second-order valence-electron chi connectivity index (χ2n) is 7.89. The van der Waals surface area contributed by atoms with Gasteiger partial charge in [-0.25, -0.2) is 0 Å². The van der Waals surface area contributed by atoms with Crippen LogP contribution in [-0.4, -0.2) is 13.7 Å². The molecule has 1 fully saturated rings. The summed E-state index contributed by atoms with van der Waals surface area (Å²) in [5.74, 6) is 1.94. The quantitative estimate of drug-likeness (QED) is 0.544. The van der Waals surface area contributed by atoms with E-state index in [0.29, 0.717) is 23.7 Å². The average Bonchev–Trinajstić information content (AvgIpc) is 3.53. The lowest BCUT2D eigenvalue weighted by molar-refractivity contribution is 0.287. The zero-order valence-electron chi connectivity index (χ0n) is 16.8. The van der Waals surface area contributed by atoms with E-state index >= 15 is 0 Å². The maximum atomic E-state index is 9.67. The van der Waals surface area contributed by atoms with E-state index in [9.17, 15) is 5.26 Å². The Balaban J connectivity index is 1.95. The van der Waals surface area contributed by atoms with Crippen LogP contribution in [0.3, 0.4) is 0 Å². The molecule has 2 aromatic carbocycles. The highest BCUT2D eigenvalue weighted by Crippen LogP contribution is 2.42. The van der Waals surface area contributed by atoms with Crippen molar-refractivity contribution in [3.05, 3.63) is 58.7 Å². The zero-order chi connectivity index (χ0) is 19.4. The number of nitrogens with zero attached hydrogens (tertiary/aromatic N) is 1. The largest absolute Gasteiger partial charge is 0.493 e. The Bertz CT molecular complexity index is 827. The fraction of sp³-hybridized carbons (Fsp3) is 0.458. The first-order chi connectivity index (χ1) is 13.0.